The van der Waals surface area contributed by atoms with Gasteiger partial charge in [0.2, 0.25) is 10.0 Å². The van der Waals surface area contributed by atoms with Gasteiger partial charge in [-0.15, -0.1) is 0 Å². The molecular formula is C20H17Cl2N3O4S. The van der Waals surface area contributed by atoms with Gasteiger partial charge in [-0.05, 0) is 42.0 Å². The number of furan rings is 1. The molecule has 3 aromatic rings. The van der Waals surface area contributed by atoms with Gasteiger partial charge in [-0.3, -0.25) is 4.79 Å². The van der Waals surface area contributed by atoms with Crippen LogP contribution in [0.3, 0.4) is 0 Å². The molecule has 0 unspecified atom stereocenters. The maximum absolute atomic E-state index is 13.0. The Morgan fingerprint density at radius 3 is 2.50 bits per heavy atom. The Bertz CT molecular complexity index is 1130. The lowest BCUT2D eigenvalue weighted by Crippen LogP contribution is -2.38. The number of amides is 1. The van der Waals surface area contributed by atoms with Crippen molar-refractivity contribution in [3.63, 3.8) is 0 Å². The van der Waals surface area contributed by atoms with E-state index in [0.717, 1.165) is 4.31 Å². The van der Waals surface area contributed by atoms with Crippen molar-refractivity contribution >= 4 is 45.3 Å². The first-order valence-corrected chi connectivity index (χ1v) is 10.9. The van der Waals surface area contributed by atoms with Crippen LogP contribution in [0.4, 0.5) is 0 Å². The van der Waals surface area contributed by atoms with E-state index in [1.54, 1.807) is 48.5 Å². The second-order valence-electron chi connectivity index (χ2n) is 6.13. The molecule has 0 fully saturated rings. The molecule has 0 aliphatic carbocycles. The highest BCUT2D eigenvalue weighted by Crippen LogP contribution is 2.22. The molecular weight excluding hydrogens is 449 g/mol. The van der Waals surface area contributed by atoms with E-state index in [-0.39, 0.29) is 11.4 Å². The number of hydrogen-bond donors (Lipinski definition) is 1. The van der Waals surface area contributed by atoms with E-state index in [4.69, 9.17) is 27.6 Å². The fraction of sp³-hybridized carbons (Fsp3) is 0.100. The summed E-state index contributed by atoms with van der Waals surface area (Å²) in [5.41, 5.74) is 2.94. The van der Waals surface area contributed by atoms with Crippen molar-refractivity contribution in [3.8, 4) is 0 Å². The number of hydrogen-bond acceptors (Lipinski definition) is 5. The van der Waals surface area contributed by atoms with Gasteiger partial charge in [0.25, 0.3) is 5.91 Å². The summed E-state index contributed by atoms with van der Waals surface area (Å²) < 4.78 is 32.3. The Balaban J connectivity index is 1.73. The predicted octanol–water partition coefficient (Wildman–Crippen LogP) is 3.93. The van der Waals surface area contributed by atoms with Crippen LogP contribution in [0.1, 0.15) is 11.3 Å². The van der Waals surface area contributed by atoms with Gasteiger partial charge >= 0.3 is 0 Å². The Morgan fingerprint density at radius 2 is 1.83 bits per heavy atom. The molecule has 0 atom stereocenters. The molecule has 0 aliphatic rings. The van der Waals surface area contributed by atoms with Crippen molar-refractivity contribution in [2.24, 2.45) is 5.10 Å². The lowest BCUT2D eigenvalue weighted by atomic mass is 10.2. The molecule has 0 radical (unpaired) electrons. The van der Waals surface area contributed by atoms with E-state index in [0.29, 0.717) is 21.4 Å². The average molecular weight is 466 g/mol. The number of nitrogens with one attached hydrogen (secondary N) is 1. The second kappa shape index (κ2) is 9.90. The van der Waals surface area contributed by atoms with Crippen molar-refractivity contribution in [2.45, 2.75) is 11.4 Å². The van der Waals surface area contributed by atoms with E-state index in [2.05, 4.69) is 10.5 Å². The number of hydrazone groups is 1. The molecule has 7 nitrogen and oxygen atoms in total. The Hall–Kier alpha value is -2.65. The van der Waals surface area contributed by atoms with Crippen LogP contribution in [0.2, 0.25) is 10.0 Å². The molecule has 10 heteroatoms. The molecule has 0 saturated carbocycles. The third kappa shape index (κ3) is 5.70. The summed E-state index contributed by atoms with van der Waals surface area (Å²) in [6.07, 6.45) is 2.81. The summed E-state index contributed by atoms with van der Waals surface area (Å²) in [6, 6.07) is 16.0. The summed E-state index contributed by atoms with van der Waals surface area (Å²) in [6.45, 7) is -0.551. The Kier molecular flexibility index (Phi) is 7.28. The molecule has 30 heavy (non-hydrogen) atoms. The molecule has 156 valence electrons. The average Bonchev–Trinajstić information content (AvgIpc) is 3.24. The van der Waals surface area contributed by atoms with E-state index in [1.807, 2.05) is 0 Å². The summed E-state index contributed by atoms with van der Waals surface area (Å²) in [5.74, 6) is -0.209. The summed E-state index contributed by atoms with van der Waals surface area (Å²) >= 11 is 11.8. The van der Waals surface area contributed by atoms with Gasteiger partial charge < -0.3 is 4.42 Å². The lowest BCUT2D eigenvalue weighted by molar-refractivity contribution is -0.121. The minimum Gasteiger partial charge on any atom is -0.468 e. The molecule has 1 heterocycles. The number of sulfonamides is 1. The normalized spacial score (nSPS) is 11.8. The van der Waals surface area contributed by atoms with Gasteiger partial charge in [-0.2, -0.15) is 9.41 Å². The van der Waals surface area contributed by atoms with Gasteiger partial charge in [0, 0.05) is 0 Å². The lowest BCUT2D eigenvalue weighted by Gasteiger charge is -2.20. The third-order valence-corrected chi connectivity index (χ3v) is 6.50. The van der Waals surface area contributed by atoms with Crippen LogP contribution in [-0.4, -0.2) is 31.4 Å². The van der Waals surface area contributed by atoms with Gasteiger partial charge in [-0.1, -0.05) is 47.5 Å². The number of carbonyl (C=O) groups excluding carboxylic acids is 1. The van der Waals surface area contributed by atoms with Crippen LogP contribution >= 0.6 is 23.2 Å². The fourth-order valence-electron chi connectivity index (χ4n) is 2.51. The van der Waals surface area contributed by atoms with Gasteiger partial charge in [0.1, 0.15) is 5.76 Å². The van der Waals surface area contributed by atoms with E-state index in [9.17, 15) is 13.2 Å². The standard InChI is InChI=1S/C20H17Cl2N3O4S/c21-18-9-8-15(11-19(18)22)12-23-24-20(26)14-25(13-16-5-4-10-29-16)30(27,28)17-6-2-1-3-7-17/h1-12H,13-14H2,(H,24,26)/b23-12-. The zero-order valence-corrected chi connectivity index (χ0v) is 17.9. The molecule has 1 N–H and O–H groups in total. The fourth-order valence-corrected chi connectivity index (χ4v) is 4.20. The first kappa shape index (κ1) is 22.0. The summed E-state index contributed by atoms with van der Waals surface area (Å²) in [4.78, 5) is 12.4. The molecule has 1 amide bonds. The second-order valence-corrected chi connectivity index (χ2v) is 8.88. The first-order valence-electron chi connectivity index (χ1n) is 8.71. The minimum absolute atomic E-state index is 0.0728. The quantitative estimate of drug-likeness (QED) is 0.402. The highest BCUT2D eigenvalue weighted by atomic mass is 35.5. The monoisotopic (exact) mass is 465 g/mol. The van der Waals surface area contributed by atoms with Crippen LogP contribution in [0.15, 0.2) is 81.3 Å². The molecule has 3 rings (SSSR count). The minimum atomic E-state index is -3.93. The smallest absolute Gasteiger partial charge is 0.255 e. The van der Waals surface area contributed by atoms with E-state index < -0.39 is 22.5 Å². The Morgan fingerprint density at radius 1 is 1.07 bits per heavy atom. The van der Waals surface area contributed by atoms with Crippen LogP contribution in [0.5, 0.6) is 0 Å². The van der Waals surface area contributed by atoms with Crippen LogP contribution in [0.25, 0.3) is 0 Å². The van der Waals surface area contributed by atoms with Crippen LogP contribution < -0.4 is 5.43 Å². The van der Waals surface area contributed by atoms with Crippen LogP contribution in [0, 0.1) is 0 Å². The maximum atomic E-state index is 13.0. The highest BCUT2D eigenvalue weighted by Gasteiger charge is 2.27. The first-order chi connectivity index (χ1) is 14.4. The number of nitrogens with zero attached hydrogens (tertiary/aromatic N) is 2. The van der Waals surface area contributed by atoms with E-state index >= 15 is 0 Å². The van der Waals surface area contributed by atoms with Crippen molar-refractivity contribution in [2.75, 3.05) is 6.54 Å². The number of halogens is 2. The van der Waals surface area contributed by atoms with Crippen molar-refractivity contribution < 1.29 is 17.6 Å². The van der Waals surface area contributed by atoms with E-state index in [1.165, 1.54) is 24.6 Å². The van der Waals surface area contributed by atoms with Crippen molar-refractivity contribution in [1.29, 1.82) is 0 Å². The van der Waals surface area contributed by atoms with Gasteiger partial charge in [0.05, 0.1) is 40.5 Å². The molecule has 0 spiro atoms. The zero-order valence-electron chi connectivity index (χ0n) is 15.5. The predicted molar refractivity (Wildman–Crippen MR) is 115 cm³/mol. The molecule has 0 bridgehead atoms. The van der Waals surface area contributed by atoms with Gasteiger partial charge in [-0.25, -0.2) is 13.8 Å². The zero-order chi connectivity index (χ0) is 21.6. The number of benzene rings is 2. The molecule has 0 aliphatic heterocycles. The molecule has 2 aromatic carbocycles. The molecule has 1 aromatic heterocycles. The van der Waals surface area contributed by atoms with Crippen molar-refractivity contribution in [1.82, 2.24) is 9.73 Å². The third-order valence-electron chi connectivity index (χ3n) is 3.96. The van der Waals surface area contributed by atoms with Gasteiger partial charge in [0.15, 0.2) is 0 Å². The largest absolute Gasteiger partial charge is 0.468 e. The highest BCUT2D eigenvalue weighted by molar-refractivity contribution is 7.89. The van der Waals surface area contributed by atoms with Crippen molar-refractivity contribution in [3.05, 3.63) is 88.3 Å². The summed E-state index contributed by atoms with van der Waals surface area (Å²) in [7, 11) is -3.93. The Labute approximate surface area is 184 Å². The molecule has 0 saturated heterocycles. The SMILES string of the molecule is O=C(CN(Cc1ccco1)S(=O)(=O)c1ccccc1)N/N=C\c1ccc(Cl)c(Cl)c1. The number of rotatable bonds is 8. The topological polar surface area (TPSA) is 92.0 Å². The maximum Gasteiger partial charge on any atom is 0.255 e. The number of carbonyl (C=O) groups is 1. The van der Waals surface area contributed by atoms with Crippen LogP contribution in [-0.2, 0) is 21.4 Å². The summed E-state index contributed by atoms with van der Waals surface area (Å²) in [5, 5.41) is 4.60.